The van der Waals surface area contributed by atoms with Gasteiger partial charge in [-0.05, 0) is 26.0 Å². The number of halogens is 2. The first-order chi connectivity index (χ1) is 8.24. The van der Waals surface area contributed by atoms with Gasteiger partial charge in [-0.2, -0.15) is 0 Å². The van der Waals surface area contributed by atoms with Gasteiger partial charge in [-0.15, -0.1) is 34.0 Å². The Labute approximate surface area is 136 Å². The van der Waals surface area contributed by atoms with E-state index in [1.807, 2.05) is 0 Å². The van der Waals surface area contributed by atoms with Gasteiger partial charge < -0.3 is 0 Å². The lowest BCUT2D eigenvalue weighted by atomic mass is 10.3. The molecule has 0 amide bonds. The summed E-state index contributed by atoms with van der Waals surface area (Å²) in [6, 6.07) is 8.47. The molecule has 0 saturated carbocycles. The van der Waals surface area contributed by atoms with Crippen LogP contribution in [0.2, 0.25) is 0 Å². The van der Waals surface area contributed by atoms with Crippen LogP contribution in [0.4, 0.5) is 0 Å². The molecule has 0 aromatic carbocycles. The Morgan fingerprint density at radius 2 is 1.21 bits per heavy atom. The Balaban J connectivity index is 0.00000162. The lowest BCUT2D eigenvalue weighted by molar-refractivity contribution is -0.727. The van der Waals surface area contributed by atoms with Gasteiger partial charge in [0, 0.05) is 23.3 Å². The molecule has 2 aromatic rings. The van der Waals surface area contributed by atoms with Crippen LogP contribution in [0.5, 0.6) is 0 Å². The Hall–Kier alpha value is -0.740. The van der Waals surface area contributed by atoms with Crippen molar-refractivity contribution in [2.45, 2.75) is 33.4 Å². The fraction of sp³-hybridized carbons (Fsp3) is 0.333. The van der Waals surface area contributed by atoms with E-state index in [1.54, 1.807) is 0 Å². The van der Waals surface area contributed by atoms with Crippen molar-refractivity contribution in [3.05, 3.63) is 60.2 Å². The van der Waals surface area contributed by atoms with Crippen LogP contribution in [-0.4, -0.2) is 0 Å². The minimum Gasteiger partial charge on any atom is -0.205 e. The van der Waals surface area contributed by atoms with Crippen molar-refractivity contribution in [2.75, 3.05) is 0 Å². The second-order valence-electron chi connectivity index (χ2n) is 4.59. The summed E-state index contributed by atoms with van der Waals surface area (Å²) in [6.07, 6.45) is 9.81. The number of nitrogens with zero attached hydrogens (tertiary/aromatic N) is 2. The number of pyridine rings is 2. The van der Waals surface area contributed by atoms with Crippen LogP contribution < -0.4 is 9.13 Å². The summed E-state index contributed by atoms with van der Waals surface area (Å²) in [4.78, 5) is 0. The SMILES string of the molecule is Br.Br.Cc1ccc[n+](CCC[n+]2cccc(C)c2)c1. The highest BCUT2D eigenvalue weighted by molar-refractivity contribution is 8.93. The molecule has 2 heterocycles. The number of hydrogen-bond acceptors (Lipinski definition) is 0. The number of hydrogen-bond donors (Lipinski definition) is 0. The van der Waals surface area contributed by atoms with E-state index in [1.165, 1.54) is 11.1 Å². The van der Waals surface area contributed by atoms with Gasteiger partial charge >= 0.3 is 0 Å². The quantitative estimate of drug-likeness (QED) is 0.709. The summed E-state index contributed by atoms with van der Waals surface area (Å²) < 4.78 is 4.51. The van der Waals surface area contributed by atoms with E-state index in [0.717, 1.165) is 19.5 Å². The van der Waals surface area contributed by atoms with Crippen LogP contribution in [0.15, 0.2) is 49.1 Å². The molecular weight excluding hydrogens is 368 g/mol. The molecule has 0 unspecified atom stereocenters. The molecule has 0 saturated heterocycles. The molecule has 0 spiro atoms. The third-order valence-electron chi connectivity index (χ3n) is 2.84. The van der Waals surface area contributed by atoms with Gasteiger partial charge in [0.1, 0.15) is 0 Å². The van der Waals surface area contributed by atoms with Crippen molar-refractivity contribution in [3.63, 3.8) is 0 Å². The molecule has 2 aromatic heterocycles. The Morgan fingerprint density at radius 1 is 0.789 bits per heavy atom. The van der Waals surface area contributed by atoms with Crippen LogP contribution in [0.1, 0.15) is 17.5 Å². The summed E-state index contributed by atoms with van der Waals surface area (Å²) in [5, 5.41) is 0. The minimum atomic E-state index is 0. The molecule has 104 valence electrons. The Bertz CT molecular complexity index is 456. The van der Waals surface area contributed by atoms with Crippen LogP contribution >= 0.6 is 34.0 Å². The molecule has 0 atom stereocenters. The second kappa shape index (κ2) is 9.21. The maximum atomic E-state index is 2.26. The van der Waals surface area contributed by atoms with Gasteiger partial charge in [0.15, 0.2) is 37.9 Å². The fourth-order valence-corrected chi connectivity index (χ4v) is 2.02. The maximum Gasteiger partial charge on any atom is 0.171 e. The highest BCUT2D eigenvalue weighted by Gasteiger charge is 2.04. The normalized spacial score (nSPS) is 9.37. The number of aromatic nitrogens is 2. The number of rotatable bonds is 4. The fourth-order valence-electron chi connectivity index (χ4n) is 2.02. The van der Waals surface area contributed by atoms with E-state index < -0.39 is 0 Å². The van der Waals surface area contributed by atoms with Gasteiger partial charge in [-0.1, -0.05) is 0 Å². The maximum absolute atomic E-state index is 2.26. The van der Waals surface area contributed by atoms with Gasteiger partial charge in [0.2, 0.25) is 0 Å². The monoisotopic (exact) mass is 388 g/mol. The summed E-state index contributed by atoms with van der Waals surface area (Å²) >= 11 is 0. The summed E-state index contributed by atoms with van der Waals surface area (Å²) in [5.41, 5.74) is 2.63. The molecule has 0 N–H and O–H groups in total. The predicted octanol–water partition coefficient (Wildman–Crippen LogP) is 3.12. The van der Waals surface area contributed by atoms with E-state index >= 15 is 0 Å². The first-order valence-corrected chi connectivity index (χ1v) is 6.15. The molecular formula is C15H22Br2N2+2. The average Bonchev–Trinajstić information content (AvgIpc) is 2.29. The van der Waals surface area contributed by atoms with Gasteiger partial charge in [-0.3, -0.25) is 0 Å². The minimum absolute atomic E-state index is 0. The summed E-state index contributed by atoms with van der Waals surface area (Å²) in [7, 11) is 0. The van der Waals surface area contributed by atoms with Crippen molar-refractivity contribution < 1.29 is 9.13 Å². The van der Waals surface area contributed by atoms with E-state index in [2.05, 4.69) is 72.0 Å². The van der Waals surface area contributed by atoms with Crippen molar-refractivity contribution >= 4 is 34.0 Å². The average molecular weight is 390 g/mol. The largest absolute Gasteiger partial charge is 0.205 e. The first kappa shape index (κ1) is 18.3. The standard InChI is InChI=1S/C15H20N2.2BrH/c1-14-6-3-8-16(12-14)10-5-11-17-9-4-7-15(2)13-17;;/h3-4,6-9,12-13H,5,10-11H2,1-2H3;2*1H/q+2;;. The third kappa shape index (κ3) is 6.30. The zero-order valence-electron chi connectivity index (χ0n) is 11.5. The lowest BCUT2D eigenvalue weighted by Gasteiger charge is -1.98. The smallest absolute Gasteiger partial charge is 0.171 e. The van der Waals surface area contributed by atoms with E-state index in [9.17, 15) is 0 Å². The van der Waals surface area contributed by atoms with Gasteiger partial charge in [0.05, 0.1) is 6.42 Å². The molecule has 2 rings (SSSR count). The first-order valence-electron chi connectivity index (χ1n) is 6.15. The third-order valence-corrected chi connectivity index (χ3v) is 2.84. The van der Waals surface area contributed by atoms with Gasteiger partial charge in [-0.25, -0.2) is 9.13 Å². The van der Waals surface area contributed by atoms with Crippen molar-refractivity contribution in [1.29, 1.82) is 0 Å². The van der Waals surface area contributed by atoms with Gasteiger partial charge in [0.25, 0.3) is 0 Å². The molecule has 0 radical (unpaired) electrons. The molecule has 19 heavy (non-hydrogen) atoms. The zero-order chi connectivity index (χ0) is 12.1. The molecule has 0 fully saturated rings. The molecule has 0 aliphatic carbocycles. The van der Waals surface area contributed by atoms with E-state index in [0.29, 0.717) is 0 Å². The molecule has 0 aliphatic heterocycles. The van der Waals surface area contributed by atoms with Crippen LogP contribution in [-0.2, 0) is 13.1 Å². The Morgan fingerprint density at radius 3 is 1.58 bits per heavy atom. The highest BCUT2D eigenvalue weighted by Crippen LogP contribution is 1.92. The summed E-state index contributed by atoms with van der Waals surface area (Å²) in [5.74, 6) is 0. The van der Waals surface area contributed by atoms with Crippen molar-refractivity contribution in [2.24, 2.45) is 0 Å². The van der Waals surface area contributed by atoms with E-state index in [-0.39, 0.29) is 34.0 Å². The predicted molar refractivity (Wildman–Crippen MR) is 88.0 cm³/mol. The van der Waals surface area contributed by atoms with Crippen molar-refractivity contribution in [1.82, 2.24) is 0 Å². The molecule has 0 aliphatic rings. The van der Waals surface area contributed by atoms with Crippen LogP contribution in [0, 0.1) is 13.8 Å². The topological polar surface area (TPSA) is 7.76 Å². The second-order valence-corrected chi connectivity index (χ2v) is 4.59. The highest BCUT2D eigenvalue weighted by atomic mass is 79.9. The zero-order valence-corrected chi connectivity index (χ0v) is 14.9. The van der Waals surface area contributed by atoms with Crippen molar-refractivity contribution in [3.8, 4) is 0 Å². The van der Waals surface area contributed by atoms with Crippen LogP contribution in [0.25, 0.3) is 0 Å². The van der Waals surface area contributed by atoms with Crippen LogP contribution in [0.3, 0.4) is 0 Å². The molecule has 2 nitrogen and oxygen atoms in total. The number of aryl methyl sites for hydroxylation is 4. The Kier molecular flexibility index (Phi) is 8.85. The molecule has 4 heteroatoms. The van der Waals surface area contributed by atoms with E-state index in [4.69, 9.17) is 0 Å². The lowest BCUT2D eigenvalue weighted by Crippen LogP contribution is -2.38. The molecule has 0 bridgehead atoms. The summed E-state index contributed by atoms with van der Waals surface area (Å²) in [6.45, 7) is 6.41.